The van der Waals surface area contributed by atoms with Crippen molar-refractivity contribution in [1.82, 2.24) is 15.3 Å². The van der Waals surface area contributed by atoms with E-state index in [4.69, 9.17) is 14.5 Å². The molecule has 1 fully saturated rings. The van der Waals surface area contributed by atoms with Crippen molar-refractivity contribution in [2.75, 3.05) is 38.3 Å². The minimum absolute atomic E-state index is 0.0148. The second-order valence-corrected chi connectivity index (χ2v) is 6.93. The van der Waals surface area contributed by atoms with Crippen molar-refractivity contribution < 1.29 is 14.3 Å². The van der Waals surface area contributed by atoms with Gasteiger partial charge in [-0.1, -0.05) is 12.1 Å². The average molecular weight is 383 g/mol. The summed E-state index contributed by atoms with van der Waals surface area (Å²) < 4.78 is 10.8. The Labute approximate surface area is 164 Å². The Balaban J connectivity index is 2.03. The zero-order valence-electron chi connectivity index (χ0n) is 16.4. The maximum absolute atomic E-state index is 12.6. The molecule has 1 aliphatic rings. The summed E-state index contributed by atoms with van der Waals surface area (Å²) in [6, 6.07) is 9.56. The van der Waals surface area contributed by atoms with E-state index in [1.165, 1.54) is 0 Å². The van der Waals surface area contributed by atoms with Crippen LogP contribution in [-0.4, -0.2) is 61.4 Å². The molecule has 0 spiro atoms. The van der Waals surface area contributed by atoms with E-state index in [2.05, 4.69) is 21.3 Å². The van der Waals surface area contributed by atoms with E-state index in [0.29, 0.717) is 43.3 Å². The Kier molecular flexibility index (Phi) is 6.39. The van der Waals surface area contributed by atoms with Crippen LogP contribution in [-0.2, 0) is 14.3 Å². The van der Waals surface area contributed by atoms with E-state index < -0.39 is 11.8 Å². The van der Waals surface area contributed by atoms with Gasteiger partial charge in [0.1, 0.15) is 5.69 Å². The molecule has 0 saturated carbocycles. The molecule has 148 valence electrons. The third-order valence-corrected chi connectivity index (χ3v) is 4.57. The third-order valence-electron chi connectivity index (χ3n) is 4.57. The van der Waals surface area contributed by atoms with Crippen LogP contribution in [0.3, 0.4) is 0 Å². The second-order valence-electron chi connectivity index (χ2n) is 6.93. The van der Waals surface area contributed by atoms with Gasteiger partial charge < -0.3 is 19.7 Å². The topological polar surface area (TPSA) is 100 Å². The van der Waals surface area contributed by atoms with Crippen molar-refractivity contribution in [2.24, 2.45) is 0 Å². The van der Waals surface area contributed by atoms with Gasteiger partial charge in [-0.3, -0.25) is 4.79 Å². The van der Waals surface area contributed by atoms with Gasteiger partial charge in [0, 0.05) is 26.7 Å². The largest absolute Gasteiger partial charge is 0.383 e. The van der Waals surface area contributed by atoms with Crippen LogP contribution in [0, 0.1) is 11.3 Å². The van der Waals surface area contributed by atoms with Gasteiger partial charge >= 0.3 is 0 Å². The maximum atomic E-state index is 12.6. The van der Waals surface area contributed by atoms with E-state index in [0.717, 1.165) is 5.52 Å². The number of nitrogens with one attached hydrogen (secondary N) is 1. The van der Waals surface area contributed by atoms with Gasteiger partial charge in [0.25, 0.3) is 0 Å². The lowest BCUT2D eigenvalue weighted by atomic mass is 10.0. The van der Waals surface area contributed by atoms with E-state index in [1.807, 2.05) is 38.1 Å². The number of methoxy groups -OCH3 is 1. The standard InChI is InChI=1S/C20H25N5O3/c1-13-11-25(12-14(2)28-13)19-18(15(10-21)20(26)22-8-9-27-3)23-16-6-4-5-7-17(16)24-19/h4-7,13-15H,8-9,11-12H2,1-3H3,(H,22,26)/t13-,14+,15-/m0/s1. The van der Waals surface area contributed by atoms with Crippen LogP contribution >= 0.6 is 0 Å². The maximum Gasteiger partial charge on any atom is 0.243 e. The fraction of sp³-hybridized carbons (Fsp3) is 0.500. The molecular weight excluding hydrogens is 358 g/mol. The Morgan fingerprint density at radius 1 is 1.32 bits per heavy atom. The van der Waals surface area contributed by atoms with Gasteiger partial charge in [0.2, 0.25) is 5.91 Å². The molecular formula is C20H25N5O3. The number of benzene rings is 1. The lowest BCUT2D eigenvalue weighted by Crippen LogP contribution is -2.46. The summed E-state index contributed by atoms with van der Waals surface area (Å²) in [5, 5.41) is 12.5. The van der Waals surface area contributed by atoms with Crippen LogP contribution in [0.15, 0.2) is 24.3 Å². The van der Waals surface area contributed by atoms with E-state index in [1.54, 1.807) is 7.11 Å². The van der Waals surface area contributed by atoms with Gasteiger partial charge in [-0.05, 0) is 26.0 Å². The molecule has 3 rings (SSSR count). The quantitative estimate of drug-likeness (QED) is 0.757. The number of fused-ring (bicyclic) bond motifs is 1. The molecule has 0 radical (unpaired) electrons. The molecule has 2 aromatic rings. The van der Waals surface area contributed by atoms with Crippen molar-refractivity contribution in [2.45, 2.75) is 32.0 Å². The zero-order chi connectivity index (χ0) is 20.1. The van der Waals surface area contributed by atoms with Crippen molar-refractivity contribution >= 4 is 22.8 Å². The lowest BCUT2D eigenvalue weighted by Gasteiger charge is -2.37. The van der Waals surface area contributed by atoms with Gasteiger partial charge in [-0.2, -0.15) is 5.26 Å². The highest BCUT2D eigenvalue weighted by atomic mass is 16.5. The fourth-order valence-electron chi connectivity index (χ4n) is 3.40. The molecule has 1 N–H and O–H groups in total. The molecule has 8 heteroatoms. The molecule has 1 aromatic heterocycles. The number of hydrogen-bond acceptors (Lipinski definition) is 7. The number of amides is 1. The minimum atomic E-state index is -1.06. The number of nitriles is 1. The first-order valence-electron chi connectivity index (χ1n) is 9.36. The van der Waals surface area contributed by atoms with E-state index in [9.17, 15) is 10.1 Å². The summed E-state index contributed by atoms with van der Waals surface area (Å²) in [5.74, 6) is -0.897. The number of morpholine rings is 1. The van der Waals surface area contributed by atoms with Crippen LogP contribution in [0.2, 0.25) is 0 Å². The van der Waals surface area contributed by atoms with E-state index >= 15 is 0 Å². The van der Waals surface area contributed by atoms with Crippen molar-refractivity contribution in [1.29, 1.82) is 5.26 Å². The monoisotopic (exact) mass is 383 g/mol. The summed E-state index contributed by atoms with van der Waals surface area (Å²) in [6.07, 6.45) is 0.0295. The molecule has 8 nitrogen and oxygen atoms in total. The minimum Gasteiger partial charge on any atom is -0.383 e. The second kappa shape index (κ2) is 8.95. The number of rotatable bonds is 6. The molecule has 1 saturated heterocycles. The zero-order valence-corrected chi connectivity index (χ0v) is 16.4. The summed E-state index contributed by atoms with van der Waals surface area (Å²) in [6.45, 7) is 5.93. The number of carbonyl (C=O) groups excluding carboxylic acids is 1. The molecule has 1 aliphatic heterocycles. The Morgan fingerprint density at radius 3 is 2.57 bits per heavy atom. The van der Waals surface area contributed by atoms with Crippen molar-refractivity contribution in [3.8, 4) is 6.07 Å². The molecule has 0 aliphatic carbocycles. The number of para-hydroxylation sites is 2. The summed E-state index contributed by atoms with van der Waals surface area (Å²) in [4.78, 5) is 24.1. The molecule has 28 heavy (non-hydrogen) atoms. The Bertz CT molecular complexity index is 872. The summed E-state index contributed by atoms with van der Waals surface area (Å²) in [7, 11) is 1.56. The predicted molar refractivity (Wildman–Crippen MR) is 105 cm³/mol. The van der Waals surface area contributed by atoms with Crippen molar-refractivity contribution in [3.05, 3.63) is 30.0 Å². The normalized spacial score (nSPS) is 20.6. The van der Waals surface area contributed by atoms with E-state index in [-0.39, 0.29) is 12.2 Å². The van der Waals surface area contributed by atoms with Crippen LogP contribution in [0.1, 0.15) is 25.5 Å². The summed E-state index contributed by atoms with van der Waals surface area (Å²) >= 11 is 0. The SMILES string of the molecule is COCCNC(=O)[C@@H](C#N)c1nc2ccccc2nc1N1C[C@@H](C)O[C@@H](C)C1. The molecule has 1 amide bonds. The fourth-order valence-corrected chi connectivity index (χ4v) is 3.40. The first-order chi connectivity index (χ1) is 13.5. The van der Waals surface area contributed by atoms with Crippen LogP contribution in [0.5, 0.6) is 0 Å². The highest BCUT2D eigenvalue weighted by Crippen LogP contribution is 2.29. The first-order valence-corrected chi connectivity index (χ1v) is 9.36. The number of hydrogen-bond donors (Lipinski definition) is 1. The first kappa shape index (κ1) is 20.0. The van der Waals surface area contributed by atoms with Gasteiger partial charge in [-0.15, -0.1) is 0 Å². The number of aromatic nitrogens is 2. The number of anilines is 1. The smallest absolute Gasteiger partial charge is 0.243 e. The number of carbonyl (C=O) groups is 1. The molecule has 3 atom stereocenters. The Morgan fingerprint density at radius 2 is 1.96 bits per heavy atom. The molecule has 1 aromatic carbocycles. The third kappa shape index (κ3) is 4.38. The van der Waals surface area contributed by atoms with Crippen LogP contribution in [0.4, 0.5) is 5.82 Å². The van der Waals surface area contributed by atoms with Gasteiger partial charge in [-0.25, -0.2) is 9.97 Å². The highest BCUT2D eigenvalue weighted by Gasteiger charge is 2.31. The van der Waals surface area contributed by atoms with Crippen molar-refractivity contribution in [3.63, 3.8) is 0 Å². The lowest BCUT2D eigenvalue weighted by molar-refractivity contribution is -0.121. The molecule has 0 bridgehead atoms. The molecule has 0 unspecified atom stereocenters. The molecule has 2 heterocycles. The predicted octanol–water partition coefficient (Wildman–Crippen LogP) is 1.61. The summed E-state index contributed by atoms with van der Waals surface area (Å²) in [5.41, 5.74) is 1.75. The number of nitrogens with zero attached hydrogens (tertiary/aromatic N) is 4. The Hall–Kier alpha value is -2.76. The highest BCUT2D eigenvalue weighted by molar-refractivity contribution is 5.88. The number of ether oxygens (including phenoxy) is 2. The van der Waals surface area contributed by atoms with Gasteiger partial charge in [0.15, 0.2) is 11.7 Å². The van der Waals surface area contributed by atoms with Gasteiger partial charge in [0.05, 0.1) is 35.9 Å². The van der Waals surface area contributed by atoms with Crippen LogP contribution < -0.4 is 10.2 Å². The average Bonchev–Trinajstić information content (AvgIpc) is 2.67. The van der Waals surface area contributed by atoms with Crippen LogP contribution in [0.25, 0.3) is 11.0 Å².